The van der Waals surface area contributed by atoms with Gasteiger partial charge in [0.15, 0.2) is 0 Å². The molecule has 1 aromatic carbocycles. The number of rotatable bonds is 3. The molecule has 0 spiro atoms. The first-order valence-electron chi connectivity index (χ1n) is 4.07. The summed E-state index contributed by atoms with van der Waals surface area (Å²) in [6.45, 7) is 1.75. The van der Waals surface area contributed by atoms with Gasteiger partial charge in [0, 0.05) is 16.1 Å². The molecule has 0 heterocycles. The number of benzene rings is 1. The molecule has 15 heavy (non-hydrogen) atoms. The number of nitrogens with zero attached hydrogens (tertiary/aromatic N) is 1. The highest BCUT2D eigenvalue weighted by atomic mass is 79.9. The van der Waals surface area contributed by atoms with Crippen LogP contribution in [0.3, 0.4) is 0 Å². The molecule has 1 rings (SSSR count). The molecule has 0 aliphatic heterocycles. The molecular formula is C9H8BrNO4. The summed E-state index contributed by atoms with van der Waals surface area (Å²) in [6, 6.07) is 2.84. The van der Waals surface area contributed by atoms with Crippen molar-refractivity contribution in [2.24, 2.45) is 0 Å². The van der Waals surface area contributed by atoms with Crippen LogP contribution in [0.1, 0.15) is 11.1 Å². The van der Waals surface area contributed by atoms with Crippen LogP contribution in [0, 0.1) is 17.0 Å². The van der Waals surface area contributed by atoms with Gasteiger partial charge in [0.05, 0.1) is 11.3 Å². The van der Waals surface area contributed by atoms with Crippen LogP contribution in [-0.4, -0.2) is 16.0 Å². The highest BCUT2D eigenvalue weighted by Gasteiger charge is 2.17. The zero-order valence-electron chi connectivity index (χ0n) is 7.86. The molecule has 0 saturated heterocycles. The van der Waals surface area contributed by atoms with E-state index in [0.717, 1.165) is 5.56 Å². The quantitative estimate of drug-likeness (QED) is 0.677. The lowest BCUT2D eigenvalue weighted by molar-refractivity contribution is -0.385. The second-order valence-corrected chi connectivity index (χ2v) is 3.91. The molecule has 6 heteroatoms. The first-order valence-corrected chi connectivity index (χ1v) is 4.86. The predicted octanol–water partition coefficient (Wildman–Crippen LogP) is 2.29. The van der Waals surface area contributed by atoms with E-state index in [-0.39, 0.29) is 17.7 Å². The van der Waals surface area contributed by atoms with Gasteiger partial charge in [-0.2, -0.15) is 0 Å². The fraction of sp³-hybridized carbons (Fsp3) is 0.222. The molecule has 0 bridgehead atoms. The Morgan fingerprint density at radius 3 is 2.67 bits per heavy atom. The molecule has 5 nitrogen and oxygen atoms in total. The highest BCUT2D eigenvalue weighted by molar-refractivity contribution is 9.10. The van der Waals surface area contributed by atoms with Crippen LogP contribution >= 0.6 is 15.9 Å². The smallest absolute Gasteiger partial charge is 0.308 e. The molecule has 0 amide bonds. The average molecular weight is 274 g/mol. The van der Waals surface area contributed by atoms with Gasteiger partial charge >= 0.3 is 5.97 Å². The number of nitro benzene ring substituents is 1. The van der Waals surface area contributed by atoms with Gasteiger partial charge < -0.3 is 5.11 Å². The van der Waals surface area contributed by atoms with E-state index in [0.29, 0.717) is 4.47 Å². The Morgan fingerprint density at radius 1 is 1.60 bits per heavy atom. The Kier molecular flexibility index (Phi) is 3.41. The van der Waals surface area contributed by atoms with Gasteiger partial charge in [-0.15, -0.1) is 0 Å². The lowest BCUT2D eigenvalue weighted by Crippen LogP contribution is -2.04. The number of carboxylic acids is 1. The lowest BCUT2D eigenvalue weighted by atomic mass is 10.1. The normalized spacial score (nSPS) is 10.0. The molecule has 1 aromatic rings. The van der Waals surface area contributed by atoms with Crippen LogP contribution in [0.25, 0.3) is 0 Å². The molecule has 0 atom stereocenters. The van der Waals surface area contributed by atoms with Gasteiger partial charge in [-0.3, -0.25) is 14.9 Å². The van der Waals surface area contributed by atoms with Gasteiger partial charge in [-0.25, -0.2) is 0 Å². The number of aryl methyl sites for hydroxylation is 1. The molecule has 0 aliphatic rings. The van der Waals surface area contributed by atoms with E-state index in [1.165, 1.54) is 12.1 Å². The molecule has 0 aliphatic carbocycles. The summed E-state index contributed by atoms with van der Waals surface area (Å²) >= 11 is 3.16. The van der Waals surface area contributed by atoms with Gasteiger partial charge in [-0.1, -0.05) is 15.9 Å². The second kappa shape index (κ2) is 4.39. The Hall–Kier alpha value is -1.43. The number of hydrogen-bond donors (Lipinski definition) is 1. The van der Waals surface area contributed by atoms with Crippen LogP contribution in [0.5, 0.6) is 0 Å². The number of aliphatic carboxylic acids is 1. The van der Waals surface area contributed by atoms with Crippen molar-refractivity contribution in [3.8, 4) is 0 Å². The first kappa shape index (κ1) is 11.6. The minimum absolute atomic E-state index is 0.171. The topological polar surface area (TPSA) is 80.4 Å². The number of halogens is 1. The Balaban J connectivity index is 3.28. The molecule has 1 N–H and O–H groups in total. The fourth-order valence-electron chi connectivity index (χ4n) is 1.21. The van der Waals surface area contributed by atoms with E-state index in [4.69, 9.17) is 5.11 Å². The zero-order chi connectivity index (χ0) is 11.6. The third-order valence-electron chi connectivity index (χ3n) is 1.90. The second-order valence-electron chi connectivity index (χ2n) is 3.06. The van der Waals surface area contributed by atoms with Crippen molar-refractivity contribution in [2.45, 2.75) is 13.3 Å². The van der Waals surface area contributed by atoms with E-state index >= 15 is 0 Å². The lowest BCUT2D eigenvalue weighted by Gasteiger charge is -2.03. The summed E-state index contributed by atoms with van der Waals surface area (Å²) in [6.07, 6.45) is -0.343. The van der Waals surface area contributed by atoms with Crippen molar-refractivity contribution in [1.29, 1.82) is 0 Å². The van der Waals surface area contributed by atoms with Crippen LogP contribution in [0.2, 0.25) is 0 Å². The molecule has 0 unspecified atom stereocenters. The van der Waals surface area contributed by atoms with Crippen molar-refractivity contribution >= 4 is 27.6 Å². The van der Waals surface area contributed by atoms with Crippen molar-refractivity contribution in [2.75, 3.05) is 0 Å². The van der Waals surface area contributed by atoms with Crippen LogP contribution in [0.15, 0.2) is 16.6 Å². The number of carboxylic acid groups (broad SMARTS) is 1. The first-order chi connectivity index (χ1) is 6.91. The molecular weight excluding hydrogens is 266 g/mol. The third kappa shape index (κ3) is 2.76. The number of hydrogen-bond acceptors (Lipinski definition) is 3. The zero-order valence-corrected chi connectivity index (χ0v) is 9.44. The molecule has 0 radical (unpaired) electrons. The molecule has 0 aromatic heterocycles. The van der Waals surface area contributed by atoms with Crippen molar-refractivity contribution in [3.05, 3.63) is 37.8 Å². The summed E-state index contributed by atoms with van der Waals surface area (Å²) in [5.74, 6) is -1.08. The van der Waals surface area contributed by atoms with E-state index in [9.17, 15) is 14.9 Å². The van der Waals surface area contributed by atoms with Gasteiger partial charge in [0.25, 0.3) is 5.69 Å². The minimum atomic E-state index is -1.08. The molecule has 0 fully saturated rings. The van der Waals surface area contributed by atoms with Gasteiger partial charge in [0.2, 0.25) is 0 Å². The fourth-order valence-corrected chi connectivity index (χ4v) is 1.54. The highest BCUT2D eigenvalue weighted by Crippen LogP contribution is 2.27. The minimum Gasteiger partial charge on any atom is -0.481 e. The molecule has 0 saturated carbocycles. The van der Waals surface area contributed by atoms with Gasteiger partial charge in [-0.05, 0) is 18.6 Å². The van der Waals surface area contributed by atoms with E-state index in [2.05, 4.69) is 15.9 Å². The summed E-state index contributed by atoms with van der Waals surface area (Å²) < 4.78 is 0.600. The monoisotopic (exact) mass is 273 g/mol. The summed E-state index contributed by atoms with van der Waals surface area (Å²) in [5, 5.41) is 19.3. The van der Waals surface area contributed by atoms with Crippen LogP contribution < -0.4 is 0 Å². The van der Waals surface area contributed by atoms with Crippen molar-refractivity contribution in [3.63, 3.8) is 0 Å². The maximum absolute atomic E-state index is 10.7. The van der Waals surface area contributed by atoms with Crippen molar-refractivity contribution < 1.29 is 14.8 Å². The number of carbonyl (C=O) groups is 1. The molecule has 80 valence electrons. The van der Waals surface area contributed by atoms with Crippen molar-refractivity contribution in [1.82, 2.24) is 0 Å². The Morgan fingerprint density at radius 2 is 2.20 bits per heavy atom. The standard InChI is InChI=1S/C9H8BrNO4/c1-5-2-6(3-9(12)13)8(11(14)15)4-7(5)10/h2,4H,3H2,1H3,(H,12,13). The Bertz CT molecular complexity index is 430. The van der Waals surface area contributed by atoms with Crippen LogP contribution in [0.4, 0.5) is 5.69 Å². The summed E-state index contributed by atoms with van der Waals surface area (Å²) in [5.41, 5.74) is 0.819. The number of nitro groups is 1. The summed E-state index contributed by atoms with van der Waals surface area (Å²) in [4.78, 5) is 20.6. The van der Waals surface area contributed by atoms with Gasteiger partial charge in [0.1, 0.15) is 0 Å². The average Bonchev–Trinajstić information content (AvgIpc) is 2.09. The largest absolute Gasteiger partial charge is 0.481 e. The van der Waals surface area contributed by atoms with Crippen LogP contribution in [-0.2, 0) is 11.2 Å². The summed E-state index contributed by atoms with van der Waals surface area (Å²) in [7, 11) is 0. The predicted molar refractivity (Wildman–Crippen MR) is 56.9 cm³/mol. The maximum atomic E-state index is 10.7. The maximum Gasteiger partial charge on any atom is 0.308 e. The SMILES string of the molecule is Cc1cc(CC(=O)O)c([N+](=O)[O-])cc1Br. The van der Waals surface area contributed by atoms with E-state index < -0.39 is 10.9 Å². The third-order valence-corrected chi connectivity index (χ3v) is 2.75. The Labute approximate surface area is 94.0 Å². The van der Waals surface area contributed by atoms with E-state index in [1.807, 2.05) is 0 Å². The van der Waals surface area contributed by atoms with E-state index in [1.54, 1.807) is 6.92 Å².